The van der Waals surface area contributed by atoms with Gasteiger partial charge in [-0.1, -0.05) is 30.3 Å². The van der Waals surface area contributed by atoms with Crippen LogP contribution >= 0.6 is 22.9 Å². The Bertz CT molecular complexity index is 527. The predicted octanol–water partition coefficient (Wildman–Crippen LogP) is 3.16. The van der Waals surface area contributed by atoms with Gasteiger partial charge in [-0.15, -0.1) is 22.9 Å². The molecule has 0 fully saturated rings. The number of aromatic nitrogens is 1. The minimum atomic E-state index is -0.227. The largest absolute Gasteiger partial charge is 0.349 e. The van der Waals surface area contributed by atoms with Gasteiger partial charge in [0, 0.05) is 11.9 Å². The Morgan fingerprint density at radius 1 is 1.44 bits per heavy atom. The van der Waals surface area contributed by atoms with Gasteiger partial charge in [0.2, 0.25) is 0 Å². The van der Waals surface area contributed by atoms with Crippen molar-refractivity contribution >= 4 is 28.8 Å². The lowest BCUT2D eigenvalue weighted by Crippen LogP contribution is -2.27. The normalized spacial score (nSPS) is 12.1. The van der Waals surface area contributed by atoms with Crippen LogP contribution in [0.5, 0.6) is 0 Å². The van der Waals surface area contributed by atoms with Crippen LogP contribution in [0.25, 0.3) is 0 Å². The Hall–Kier alpha value is -1.39. The third-order valence-electron chi connectivity index (χ3n) is 2.45. The van der Waals surface area contributed by atoms with Crippen LogP contribution in [0.2, 0.25) is 0 Å². The summed E-state index contributed by atoms with van der Waals surface area (Å²) in [5, 5.41) is 5.18. The maximum atomic E-state index is 11.8. The third-order valence-corrected chi connectivity index (χ3v) is 3.63. The molecule has 2 rings (SSSR count). The number of amides is 1. The number of nitrogens with one attached hydrogen (secondary N) is 1. The molecule has 1 unspecified atom stereocenters. The van der Waals surface area contributed by atoms with E-state index in [4.69, 9.17) is 11.6 Å². The first-order valence-electron chi connectivity index (χ1n) is 5.56. The van der Waals surface area contributed by atoms with Crippen molar-refractivity contribution < 1.29 is 4.79 Å². The van der Waals surface area contributed by atoms with E-state index in [1.54, 1.807) is 5.38 Å². The van der Waals surface area contributed by atoms with Crippen LogP contribution in [0, 0.1) is 6.92 Å². The van der Waals surface area contributed by atoms with Gasteiger partial charge in [0.15, 0.2) is 0 Å². The number of aryl methyl sites for hydroxylation is 1. The van der Waals surface area contributed by atoms with E-state index in [1.807, 2.05) is 37.3 Å². The monoisotopic (exact) mass is 280 g/mol. The number of carbonyl (C=O) groups excluding carboxylic acids is 1. The van der Waals surface area contributed by atoms with Crippen molar-refractivity contribution in [3.8, 4) is 0 Å². The first-order valence-corrected chi connectivity index (χ1v) is 6.88. The smallest absolute Gasteiger partial charge is 0.270 e. The summed E-state index contributed by atoms with van der Waals surface area (Å²) in [5.41, 5.74) is 1.45. The van der Waals surface area contributed by atoms with Crippen LogP contribution in [0.1, 0.15) is 26.4 Å². The minimum absolute atomic E-state index is 0.180. The van der Waals surface area contributed by atoms with Crippen molar-refractivity contribution in [1.29, 1.82) is 0 Å². The van der Waals surface area contributed by atoms with E-state index in [-0.39, 0.29) is 11.3 Å². The molecule has 1 atom stereocenters. The summed E-state index contributed by atoms with van der Waals surface area (Å²) >= 11 is 7.67. The summed E-state index contributed by atoms with van der Waals surface area (Å²) in [6.45, 7) is 2.26. The number of rotatable bonds is 4. The number of nitrogens with zero attached hydrogens (tertiary/aromatic N) is 1. The molecule has 0 radical (unpaired) electrons. The van der Waals surface area contributed by atoms with Gasteiger partial charge >= 0.3 is 0 Å². The van der Waals surface area contributed by atoms with Crippen LogP contribution in [0.3, 0.4) is 0 Å². The molecular weight excluding hydrogens is 268 g/mol. The quantitative estimate of drug-likeness (QED) is 0.874. The fourth-order valence-electron chi connectivity index (χ4n) is 1.52. The highest BCUT2D eigenvalue weighted by atomic mass is 35.5. The lowest BCUT2D eigenvalue weighted by atomic mass is 10.1. The second-order valence-electron chi connectivity index (χ2n) is 3.84. The van der Waals surface area contributed by atoms with Crippen LogP contribution in [0.4, 0.5) is 0 Å². The van der Waals surface area contributed by atoms with Crippen LogP contribution < -0.4 is 5.32 Å². The van der Waals surface area contributed by atoms with E-state index < -0.39 is 0 Å². The Balaban J connectivity index is 1.90. The average Bonchev–Trinajstić information content (AvgIpc) is 2.83. The number of alkyl halides is 1. The summed E-state index contributed by atoms with van der Waals surface area (Å²) in [7, 11) is 0. The highest BCUT2D eigenvalue weighted by Gasteiger charge is 2.12. The summed E-state index contributed by atoms with van der Waals surface area (Å²) in [6.07, 6.45) is 0. The lowest BCUT2D eigenvalue weighted by Gasteiger charge is -2.10. The molecule has 1 heterocycles. The highest BCUT2D eigenvalue weighted by molar-refractivity contribution is 7.09. The summed E-state index contributed by atoms with van der Waals surface area (Å²) in [5.74, 6) is -0.180. The molecule has 1 aromatic heterocycles. The van der Waals surface area contributed by atoms with E-state index in [0.717, 1.165) is 10.6 Å². The Kier molecular flexibility index (Phi) is 4.33. The van der Waals surface area contributed by atoms with Crippen molar-refractivity contribution in [2.45, 2.75) is 12.3 Å². The van der Waals surface area contributed by atoms with Crippen LogP contribution in [0.15, 0.2) is 35.7 Å². The van der Waals surface area contributed by atoms with E-state index in [2.05, 4.69) is 10.3 Å². The van der Waals surface area contributed by atoms with E-state index >= 15 is 0 Å². The molecule has 0 aliphatic heterocycles. The summed E-state index contributed by atoms with van der Waals surface area (Å²) in [4.78, 5) is 15.9. The molecule has 0 saturated heterocycles. The summed E-state index contributed by atoms with van der Waals surface area (Å²) in [6, 6.07) is 9.67. The molecule has 0 saturated carbocycles. The predicted molar refractivity (Wildman–Crippen MR) is 74.2 cm³/mol. The van der Waals surface area contributed by atoms with Crippen molar-refractivity contribution in [1.82, 2.24) is 10.3 Å². The molecule has 3 nitrogen and oxygen atoms in total. The molecule has 0 bridgehead atoms. The van der Waals surface area contributed by atoms with Gasteiger partial charge in [0.1, 0.15) is 5.69 Å². The molecule has 94 valence electrons. The van der Waals surface area contributed by atoms with Gasteiger partial charge in [-0.3, -0.25) is 4.79 Å². The second kappa shape index (κ2) is 5.98. The highest BCUT2D eigenvalue weighted by Crippen LogP contribution is 2.18. The molecular formula is C13H13ClN2OS. The Morgan fingerprint density at radius 2 is 2.17 bits per heavy atom. The number of thiazole rings is 1. The van der Waals surface area contributed by atoms with Gasteiger partial charge in [-0.2, -0.15) is 0 Å². The SMILES string of the molecule is Cc1nc(C(=O)NCC(Cl)c2ccccc2)cs1. The number of hydrogen-bond acceptors (Lipinski definition) is 3. The van der Waals surface area contributed by atoms with E-state index in [0.29, 0.717) is 12.2 Å². The minimum Gasteiger partial charge on any atom is -0.349 e. The van der Waals surface area contributed by atoms with Gasteiger partial charge < -0.3 is 5.32 Å². The van der Waals surface area contributed by atoms with Gasteiger partial charge in [-0.25, -0.2) is 4.98 Å². The molecule has 5 heteroatoms. The van der Waals surface area contributed by atoms with Gasteiger partial charge in [0.25, 0.3) is 5.91 Å². The third kappa shape index (κ3) is 3.31. The zero-order chi connectivity index (χ0) is 13.0. The lowest BCUT2D eigenvalue weighted by molar-refractivity contribution is 0.0949. The van der Waals surface area contributed by atoms with E-state index in [1.165, 1.54) is 11.3 Å². The van der Waals surface area contributed by atoms with Crippen molar-refractivity contribution in [2.75, 3.05) is 6.54 Å². The number of carbonyl (C=O) groups is 1. The second-order valence-corrected chi connectivity index (χ2v) is 5.43. The topological polar surface area (TPSA) is 42.0 Å². The molecule has 0 aliphatic carbocycles. The number of halogens is 1. The maximum Gasteiger partial charge on any atom is 0.270 e. The Morgan fingerprint density at radius 3 is 2.78 bits per heavy atom. The van der Waals surface area contributed by atoms with Crippen molar-refractivity contribution in [3.63, 3.8) is 0 Å². The number of benzene rings is 1. The molecule has 1 N–H and O–H groups in total. The van der Waals surface area contributed by atoms with Crippen LogP contribution in [-0.4, -0.2) is 17.4 Å². The van der Waals surface area contributed by atoms with E-state index in [9.17, 15) is 4.79 Å². The summed E-state index contributed by atoms with van der Waals surface area (Å²) < 4.78 is 0. The standard InChI is InChI=1S/C13H13ClN2OS/c1-9-16-12(8-18-9)13(17)15-7-11(14)10-5-3-2-4-6-10/h2-6,8,11H,7H2,1H3,(H,15,17). The van der Waals surface area contributed by atoms with Gasteiger partial charge in [0.05, 0.1) is 10.4 Å². The fourth-order valence-corrected chi connectivity index (χ4v) is 2.34. The molecule has 18 heavy (non-hydrogen) atoms. The zero-order valence-corrected chi connectivity index (χ0v) is 11.5. The fraction of sp³-hybridized carbons (Fsp3) is 0.231. The molecule has 1 aromatic carbocycles. The number of hydrogen-bond donors (Lipinski definition) is 1. The van der Waals surface area contributed by atoms with Gasteiger partial charge in [-0.05, 0) is 12.5 Å². The van der Waals surface area contributed by atoms with Crippen molar-refractivity contribution in [2.24, 2.45) is 0 Å². The first-order chi connectivity index (χ1) is 8.66. The molecule has 2 aromatic rings. The molecule has 1 amide bonds. The zero-order valence-electron chi connectivity index (χ0n) is 9.89. The van der Waals surface area contributed by atoms with Crippen LogP contribution in [-0.2, 0) is 0 Å². The Labute approximate surface area is 115 Å². The molecule has 0 spiro atoms. The average molecular weight is 281 g/mol. The molecule has 0 aliphatic rings. The first kappa shape index (κ1) is 13.1. The van der Waals surface area contributed by atoms with Crippen molar-refractivity contribution in [3.05, 3.63) is 52.0 Å². The maximum absolute atomic E-state index is 11.8.